The van der Waals surface area contributed by atoms with Crippen LogP contribution < -0.4 is 14.8 Å². The summed E-state index contributed by atoms with van der Waals surface area (Å²) < 4.78 is 16.9. The molecule has 2 aliphatic heterocycles. The molecule has 1 unspecified atom stereocenters. The van der Waals surface area contributed by atoms with Gasteiger partial charge in [0, 0.05) is 0 Å². The maximum absolute atomic E-state index is 5.86. The molecule has 1 aromatic carbocycles. The molecule has 0 saturated carbocycles. The van der Waals surface area contributed by atoms with Gasteiger partial charge in [0.25, 0.3) is 0 Å². The van der Waals surface area contributed by atoms with Crippen LogP contribution in [0.15, 0.2) is 28.8 Å². The highest BCUT2D eigenvalue weighted by Crippen LogP contribution is 2.35. The minimum absolute atomic E-state index is 0.174. The van der Waals surface area contributed by atoms with Gasteiger partial charge in [-0.25, -0.2) is 0 Å². The number of aromatic nitrogens is 2. The molecule has 2 atom stereocenters. The van der Waals surface area contributed by atoms with E-state index in [9.17, 15) is 0 Å². The number of benzene rings is 1. The molecular weight excluding hydrogens is 258 g/mol. The number of hydrogen-bond donors (Lipinski definition) is 1. The fourth-order valence-corrected chi connectivity index (χ4v) is 2.56. The summed E-state index contributed by atoms with van der Waals surface area (Å²) in [5.74, 6) is 2.65. The lowest BCUT2D eigenvalue weighted by Crippen LogP contribution is -2.22. The van der Waals surface area contributed by atoms with Crippen molar-refractivity contribution in [1.29, 1.82) is 0 Å². The lowest BCUT2D eigenvalue weighted by molar-refractivity contribution is 0.0832. The molecule has 0 bridgehead atoms. The Labute approximate surface area is 116 Å². The quantitative estimate of drug-likeness (QED) is 0.902. The molecule has 2 aromatic rings. The minimum Gasteiger partial charge on any atom is -0.485 e. The molecule has 2 aliphatic rings. The number of nitrogens with one attached hydrogen (secondary N) is 1. The van der Waals surface area contributed by atoms with Crippen LogP contribution in [-0.4, -0.2) is 23.3 Å². The van der Waals surface area contributed by atoms with E-state index in [-0.39, 0.29) is 12.1 Å². The molecule has 3 heterocycles. The summed E-state index contributed by atoms with van der Waals surface area (Å²) in [4.78, 5) is 4.44. The summed E-state index contributed by atoms with van der Waals surface area (Å²) in [5.41, 5.74) is 0. The molecule has 1 fully saturated rings. The maximum atomic E-state index is 5.86. The number of nitrogens with zero attached hydrogens (tertiary/aromatic N) is 2. The Bertz CT molecular complexity index is 607. The van der Waals surface area contributed by atoms with Gasteiger partial charge in [-0.15, -0.1) is 0 Å². The van der Waals surface area contributed by atoms with Gasteiger partial charge in [-0.2, -0.15) is 4.98 Å². The normalized spacial score (nSPS) is 24.8. The summed E-state index contributed by atoms with van der Waals surface area (Å²) in [6.45, 7) is 1.40. The molecule has 0 radical (unpaired) electrons. The van der Waals surface area contributed by atoms with Gasteiger partial charge in [0.05, 0.1) is 6.04 Å². The average Bonchev–Trinajstić information content (AvgIpc) is 3.17. The van der Waals surface area contributed by atoms with Gasteiger partial charge >= 0.3 is 0 Å². The standard InChI is InChI=1S/C14H15N3O3/c1-2-6-11-10(5-1)18-8-12(19-11)13-16-14(20-17-13)9-4-3-7-15-9/h1-2,5-6,9,12,15H,3-4,7-8H2/t9-,12?/m1/s1. The van der Waals surface area contributed by atoms with Crippen LogP contribution in [0.5, 0.6) is 11.5 Å². The molecule has 0 amide bonds. The molecule has 104 valence electrons. The van der Waals surface area contributed by atoms with Gasteiger partial charge in [-0.05, 0) is 31.5 Å². The van der Waals surface area contributed by atoms with Gasteiger partial charge in [0.15, 0.2) is 17.6 Å². The van der Waals surface area contributed by atoms with Crippen LogP contribution in [0.4, 0.5) is 0 Å². The van der Waals surface area contributed by atoms with E-state index in [1.54, 1.807) is 0 Å². The second-order valence-electron chi connectivity index (χ2n) is 5.00. The van der Waals surface area contributed by atoms with Crippen molar-refractivity contribution < 1.29 is 14.0 Å². The largest absolute Gasteiger partial charge is 0.485 e. The molecule has 1 aromatic heterocycles. The fourth-order valence-electron chi connectivity index (χ4n) is 2.56. The van der Waals surface area contributed by atoms with Crippen molar-refractivity contribution in [1.82, 2.24) is 15.5 Å². The summed E-state index contributed by atoms with van der Waals surface area (Å²) in [6.07, 6.45) is 1.86. The molecular formula is C14H15N3O3. The zero-order chi connectivity index (χ0) is 13.4. The molecule has 6 nitrogen and oxygen atoms in total. The van der Waals surface area contributed by atoms with Crippen LogP contribution in [0.3, 0.4) is 0 Å². The third-order valence-corrected chi connectivity index (χ3v) is 3.61. The second kappa shape index (κ2) is 4.79. The molecule has 0 aliphatic carbocycles. The second-order valence-corrected chi connectivity index (χ2v) is 5.00. The SMILES string of the molecule is c1ccc2c(c1)OCC(c1noc([C@H]3CCCN3)n1)O2. The summed E-state index contributed by atoms with van der Waals surface area (Å²) in [6, 6.07) is 7.76. The van der Waals surface area contributed by atoms with Crippen molar-refractivity contribution in [2.24, 2.45) is 0 Å². The predicted molar refractivity (Wildman–Crippen MR) is 69.6 cm³/mol. The van der Waals surface area contributed by atoms with Crippen molar-refractivity contribution in [2.45, 2.75) is 25.0 Å². The Morgan fingerprint density at radius 3 is 2.95 bits per heavy atom. The van der Waals surface area contributed by atoms with E-state index < -0.39 is 0 Å². The zero-order valence-electron chi connectivity index (χ0n) is 10.9. The van der Waals surface area contributed by atoms with Gasteiger partial charge in [0.1, 0.15) is 6.61 Å². The zero-order valence-corrected chi connectivity index (χ0v) is 10.9. The number of para-hydroxylation sites is 2. The van der Waals surface area contributed by atoms with Crippen LogP contribution in [-0.2, 0) is 0 Å². The first-order chi connectivity index (χ1) is 9.90. The maximum Gasteiger partial charge on any atom is 0.243 e. The van der Waals surface area contributed by atoms with Crippen LogP contribution >= 0.6 is 0 Å². The van der Waals surface area contributed by atoms with Crippen LogP contribution in [0.1, 0.15) is 36.7 Å². The van der Waals surface area contributed by atoms with Crippen molar-refractivity contribution in [3.8, 4) is 11.5 Å². The number of hydrogen-bond acceptors (Lipinski definition) is 6. The van der Waals surface area contributed by atoms with E-state index in [0.717, 1.165) is 25.1 Å². The Balaban J connectivity index is 1.54. The van der Waals surface area contributed by atoms with E-state index in [0.29, 0.717) is 24.1 Å². The summed E-state index contributed by atoms with van der Waals surface area (Å²) in [7, 11) is 0. The summed E-state index contributed by atoms with van der Waals surface area (Å²) in [5, 5.41) is 7.36. The van der Waals surface area contributed by atoms with Gasteiger partial charge in [0.2, 0.25) is 11.7 Å². The first-order valence-electron chi connectivity index (χ1n) is 6.85. The number of fused-ring (bicyclic) bond motifs is 1. The third-order valence-electron chi connectivity index (χ3n) is 3.61. The molecule has 6 heteroatoms. The lowest BCUT2D eigenvalue weighted by Gasteiger charge is -2.24. The van der Waals surface area contributed by atoms with Crippen LogP contribution in [0, 0.1) is 0 Å². The molecule has 0 spiro atoms. The van der Waals surface area contributed by atoms with E-state index >= 15 is 0 Å². The molecule has 1 saturated heterocycles. The highest BCUT2D eigenvalue weighted by molar-refractivity contribution is 5.40. The van der Waals surface area contributed by atoms with Gasteiger partial charge in [-0.3, -0.25) is 0 Å². The highest BCUT2D eigenvalue weighted by atomic mass is 16.6. The minimum atomic E-state index is -0.316. The first kappa shape index (κ1) is 11.7. The Hall–Kier alpha value is -2.08. The molecule has 4 rings (SSSR count). The Morgan fingerprint density at radius 1 is 1.20 bits per heavy atom. The topological polar surface area (TPSA) is 69.4 Å². The van der Waals surface area contributed by atoms with Crippen LogP contribution in [0.2, 0.25) is 0 Å². The average molecular weight is 273 g/mol. The third kappa shape index (κ3) is 2.02. The number of rotatable bonds is 2. The van der Waals surface area contributed by atoms with E-state index in [2.05, 4.69) is 15.5 Å². The van der Waals surface area contributed by atoms with E-state index in [1.807, 2.05) is 24.3 Å². The van der Waals surface area contributed by atoms with E-state index in [4.69, 9.17) is 14.0 Å². The van der Waals surface area contributed by atoms with Crippen molar-refractivity contribution >= 4 is 0 Å². The van der Waals surface area contributed by atoms with Crippen molar-refractivity contribution in [3.63, 3.8) is 0 Å². The smallest absolute Gasteiger partial charge is 0.243 e. The lowest BCUT2D eigenvalue weighted by atomic mass is 10.2. The Kier molecular flexibility index (Phi) is 2.81. The van der Waals surface area contributed by atoms with E-state index in [1.165, 1.54) is 0 Å². The highest BCUT2D eigenvalue weighted by Gasteiger charge is 2.29. The molecule has 20 heavy (non-hydrogen) atoms. The van der Waals surface area contributed by atoms with Crippen LogP contribution in [0.25, 0.3) is 0 Å². The first-order valence-corrected chi connectivity index (χ1v) is 6.85. The van der Waals surface area contributed by atoms with Gasteiger partial charge < -0.3 is 19.3 Å². The van der Waals surface area contributed by atoms with Crippen molar-refractivity contribution in [3.05, 3.63) is 36.0 Å². The fraction of sp³-hybridized carbons (Fsp3) is 0.429. The van der Waals surface area contributed by atoms with Gasteiger partial charge in [-0.1, -0.05) is 17.3 Å². The predicted octanol–water partition coefficient (Wildman–Crippen LogP) is 2.01. The summed E-state index contributed by atoms with van der Waals surface area (Å²) >= 11 is 0. The molecule has 1 N–H and O–H groups in total. The monoisotopic (exact) mass is 273 g/mol. The Morgan fingerprint density at radius 2 is 2.10 bits per heavy atom. The number of ether oxygens (including phenoxy) is 2. The van der Waals surface area contributed by atoms with Crippen molar-refractivity contribution in [2.75, 3.05) is 13.2 Å².